The predicted octanol–water partition coefficient (Wildman–Crippen LogP) is 1.16. The zero-order chi connectivity index (χ0) is 17.8. The Morgan fingerprint density at radius 2 is 1.83 bits per heavy atom. The number of aromatic carboxylic acids is 1. The Labute approximate surface area is 134 Å². The van der Waals surface area contributed by atoms with Gasteiger partial charge in [0, 0.05) is 0 Å². The van der Waals surface area contributed by atoms with E-state index >= 15 is 0 Å². The molecule has 1 aromatic rings. The third-order valence-corrected chi connectivity index (χ3v) is 5.15. The quantitative estimate of drug-likeness (QED) is 0.761. The summed E-state index contributed by atoms with van der Waals surface area (Å²) in [7, 11) is -0.944. The summed E-state index contributed by atoms with van der Waals surface area (Å²) in [6.07, 6.45) is 0. The van der Waals surface area contributed by atoms with Gasteiger partial charge in [0.05, 0.1) is 30.7 Å². The zero-order valence-electron chi connectivity index (χ0n) is 13.2. The Hall–Kier alpha value is -2.29. The minimum absolute atomic E-state index is 0.0215. The summed E-state index contributed by atoms with van der Waals surface area (Å²) in [6.45, 7) is 2.94. The molecular formula is C14H19NO7S. The standard InChI is InChI=1S/C14H19NO7S/c1-8(2)23(19,20)7-12(16)15-10-5-9(14(17)18)6-11(21-3)13(10)22-4/h5-6,8H,7H2,1-4H3,(H,15,16)(H,17,18). The van der Waals surface area contributed by atoms with Crippen LogP contribution in [-0.2, 0) is 14.6 Å². The highest BCUT2D eigenvalue weighted by Gasteiger charge is 2.23. The average Bonchev–Trinajstić information content (AvgIpc) is 2.45. The largest absolute Gasteiger partial charge is 0.493 e. The lowest BCUT2D eigenvalue weighted by Crippen LogP contribution is -2.28. The summed E-state index contributed by atoms with van der Waals surface area (Å²) in [5.41, 5.74) is -0.113. The molecule has 0 aliphatic heterocycles. The molecule has 1 amide bonds. The van der Waals surface area contributed by atoms with Gasteiger partial charge < -0.3 is 19.9 Å². The van der Waals surface area contributed by atoms with Crippen molar-refractivity contribution in [2.45, 2.75) is 19.1 Å². The van der Waals surface area contributed by atoms with Crippen molar-refractivity contribution in [3.63, 3.8) is 0 Å². The summed E-state index contributed by atoms with van der Waals surface area (Å²) in [6, 6.07) is 2.41. The summed E-state index contributed by atoms with van der Waals surface area (Å²) < 4.78 is 33.7. The molecule has 0 heterocycles. The smallest absolute Gasteiger partial charge is 0.335 e. The molecule has 8 nitrogen and oxygen atoms in total. The molecular weight excluding hydrogens is 326 g/mol. The van der Waals surface area contributed by atoms with E-state index < -0.39 is 32.7 Å². The number of hydrogen-bond donors (Lipinski definition) is 2. The summed E-state index contributed by atoms with van der Waals surface area (Å²) in [5, 5.41) is 10.7. The monoisotopic (exact) mass is 345 g/mol. The summed E-state index contributed by atoms with van der Waals surface area (Å²) in [5.74, 6) is -2.52. The van der Waals surface area contributed by atoms with Crippen molar-refractivity contribution in [3.05, 3.63) is 17.7 Å². The van der Waals surface area contributed by atoms with Crippen LogP contribution in [0.5, 0.6) is 11.5 Å². The normalized spacial score (nSPS) is 11.2. The van der Waals surface area contributed by atoms with Gasteiger partial charge in [-0.25, -0.2) is 13.2 Å². The van der Waals surface area contributed by atoms with Gasteiger partial charge in [0.1, 0.15) is 5.75 Å². The van der Waals surface area contributed by atoms with Gasteiger partial charge in [0.15, 0.2) is 21.3 Å². The Balaban J connectivity index is 3.18. The Morgan fingerprint density at radius 1 is 1.22 bits per heavy atom. The molecule has 0 atom stereocenters. The van der Waals surface area contributed by atoms with Gasteiger partial charge in [-0.15, -0.1) is 0 Å². The van der Waals surface area contributed by atoms with Crippen LogP contribution in [0, 0.1) is 0 Å². The molecule has 23 heavy (non-hydrogen) atoms. The van der Waals surface area contributed by atoms with Crippen LogP contribution >= 0.6 is 0 Å². The summed E-state index contributed by atoms with van der Waals surface area (Å²) >= 11 is 0. The van der Waals surface area contributed by atoms with Gasteiger partial charge in [-0.1, -0.05) is 0 Å². The first-order valence-electron chi connectivity index (χ1n) is 6.63. The van der Waals surface area contributed by atoms with Crippen LogP contribution < -0.4 is 14.8 Å². The van der Waals surface area contributed by atoms with Gasteiger partial charge in [0.2, 0.25) is 5.91 Å². The number of carboxylic acids is 1. The van der Waals surface area contributed by atoms with Crippen molar-refractivity contribution in [2.75, 3.05) is 25.3 Å². The van der Waals surface area contributed by atoms with E-state index in [1.807, 2.05) is 0 Å². The van der Waals surface area contributed by atoms with E-state index in [2.05, 4.69) is 5.32 Å². The molecule has 0 saturated carbocycles. The maximum Gasteiger partial charge on any atom is 0.335 e. The molecule has 0 aliphatic rings. The van der Waals surface area contributed by atoms with E-state index in [-0.39, 0.29) is 22.7 Å². The van der Waals surface area contributed by atoms with E-state index in [1.165, 1.54) is 40.2 Å². The first kappa shape index (κ1) is 18.8. The highest BCUT2D eigenvalue weighted by Crippen LogP contribution is 2.36. The molecule has 128 valence electrons. The first-order chi connectivity index (χ1) is 10.6. The zero-order valence-corrected chi connectivity index (χ0v) is 14.1. The minimum Gasteiger partial charge on any atom is -0.493 e. The number of anilines is 1. The molecule has 2 N–H and O–H groups in total. The van der Waals surface area contributed by atoms with Crippen LogP contribution in [0.25, 0.3) is 0 Å². The second-order valence-corrected chi connectivity index (χ2v) is 7.53. The van der Waals surface area contributed by atoms with E-state index in [4.69, 9.17) is 14.6 Å². The number of benzene rings is 1. The Morgan fingerprint density at radius 3 is 2.26 bits per heavy atom. The number of hydrogen-bond acceptors (Lipinski definition) is 6. The number of rotatable bonds is 7. The highest BCUT2D eigenvalue weighted by molar-refractivity contribution is 7.92. The van der Waals surface area contributed by atoms with Crippen molar-refractivity contribution >= 4 is 27.4 Å². The number of carbonyl (C=O) groups is 2. The van der Waals surface area contributed by atoms with Crippen LogP contribution in [0.15, 0.2) is 12.1 Å². The molecule has 1 aromatic carbocycles. The van der Waals surface area contributed by atoms with E-state index in [0.29, 0.717) is 0 Å². The topological polar surface area (TPSA) is 119 Å². The maximum atomic E-state index is 11.9. The maximum absolute atomic E-state index is 11.9. The first-order valence-corrected chi connectivity index (χ1v) is 8.34. The van der Waals surface area contributed by atoms with E-state index in [0.717, 1.165) is 0 Å². The molecule has 0 saturated heterocycles. The lowest BCUT2D eigenvalue weighted by atomic mass is 10.1. The molecule has 0 spiro atoms. The fourth-order valence-electron chi connectivity index (χ4n) is 1.72. The molecule has 0 aromatic heterocycles. The highest BCUT2D eigenvalue weighted by atomic mass is 32.2. The molecule has 0 bridgehead atoms. The third-order valence-electron chi connectivity index (χ3n) is 3.05. The third kappa shape index (κ3) is 4.59. The number of amides is 1. The second-order valence-electron chi connectivity index (χ2n) is 4.97. The molecule has 0 unspecified atom stereocenters. The molecule has 9 heteroatoms. The Bertz CT molecular complexity index is 710. The number of methoxy groups -OCH3 is 2. The second kappa shape index (κ2) is 7.32. The van der Waals surface area contributed by atoms with Crippen LogP contribution in [0.1, 0.15) is 24.2 Å². The molecule has 1 rings (SSSR count). The van der Waals surface area contributed by atoms with Crippen LogP contribution in [-0.4, -0.2) is 50.6 Å². The average molecular weight is 345 g/mol. The number of sulfone groups is 1. The van der Waals surface area contributed by atoms with Crippen LogP contribution in [0.4, 0.5) is 5.69 Å². The predicted molar refractivity (Wildman–Crippen MR) is 84.1 cm³/mol. The van der Waals surface area contributed by atoms with Crippen LogP contribution in [0.2, 0.25) is 0 Å². The SMILES string of the molecule is COc1cc(C(=O)O)cc(NC(=O)CS(=O)(=O)C(C)C)c1OC. The number of carboxylic acid groups (broad SMARTS) is 1. The summed E-state index contributed by atoms with van der Waals surface area (Å²) in [4.78, 5) is 23.1. The van der Waals surface area contributed by atoms with Crippen LogP contribution in [0.3, 0.4) is 0 Å². The van der Waals surface area contributed by atoms with Crippen molar-refractivity contribution in [2.24, 2.45) is 0 Å². The number of nitrogens with one attached hydrogen (secondary N) is 1. The van der Waals surface area contributed by atoms with E-state index in [9.17, 15) is 18.0 Å². The molecule has 0 aliphatic carbocycles. The fourth-order valence-corrected chi connectivity index (χ4v) is 2.49. The fraction of sp³-hybridized carbons (Fsp3) is 0.429. The number of carbonyl (C=O) groups excluding carboxylic acids is 1. The van der Waals surface area contributed by atoms with Gasteiger partial charge in [-0.3, -0.25) is 4.79 Å². The van der Waals surface area contributed by atoms with E-state index in [1.54, 1.807) is 0 Å². The lowest BCUT2D eigenvalue weighted by molar-refractivity contribution is -0.113. The van der Waals surface area contributed by atoms with Gasteiger partial charge in [-0.05, 0) is 26.0 Å². The van der Waals surface area contributed by atoms with Crippen molar-refractivity contribution in [3.8, 4) is 11.5 Å². The van der Waals surface area contributed by atoms with Crippen molar-refractivity contribution in [1.82, 2.24) is 0 Å². The van der Waals surface area contributed by atoms with Gasteiger partial charge in [0.25, 0.3) is 0 Å². The lowest BCUT2D eigenvalue weighted by Gasteiger charge is -2.15. The Kier molecular flexibility index (Phi) is 5.97. The van der Waals surface area contributed by atoms with Crippen molar-refractivity contribution in [1.29, 1.82) is 0 Å². The molecule has 0 radical (unpaired) electrons. The van der Waals surface area contributed by atoms with Gasteiger partial charge in [-0.2, -0.15) is 0 Å². The minimum atomic E-state index is -3.58. The number of ether oxygens (including phenoxy) is 2. The molecule has 0 fully saturated rings. The van der Waals surface area contributed by atoms with Crippen molar-refractivity contribution < 1.29 is 32.6 Å². The van der Waals surface area contributed by atoms with Gasteiger partial charge >= 0.3 is 5.97 Å².